The molecule has 0 amide bonds. The van der Waals surface area contributed by atoms with E-state index in [-0.39, 0.29) is 5.97 Å². The van der Waals surface area contributed by atoms with Crippen LogP contribution < -0.4 is 0 Å². The molecule has 0 aromatic carbocycles. The van der Waals surface area contributed by atoms with Crippen molar-refractivity contribution in [3.63, 3.8) is 0 Å². The van der Waals surface area contributed by atoms with Crippen molar-refractivity contribution in [3.8, 4) is 0 Å². The van der Waals surface area contributed by atoms with Crippen LogP contribution in [0.5, 0.6) is 0 Å². The quantitative estimate of drug-likeness (QED) is 0.373. The lowest BCUT2D eigenvalue weighted by Crippen LogP contribution is -2.06. The number of rotatable bonds is 8. The van der Waals surface area contributed by atoms with E-state index in [9.17, 15) is 4.79 Å². The van der Waals surface area contributed by atoms with E-state index in [2.05, 4.69) is 12.6 Å². The molecule has 0 spiro atoms. The second-order valence-electron chi connectivity index (χ2n) is 2.75. The number of carbonyl (C=O) groups excluding carboxylic acids is 1. The fourth-order valence-electron chi connectivity index (χ4n) is 0.875. The molecule has 4 heteroatoms. The van der Waals surface area contributed by atoms with Crippen LogP contribution in [0.25, 0.3) is 0 Å². The van der Waals surface area contributed by atoms with Crippen LogP contribution in [0.4, 0.5) is 0 Å². The molecule has 13 heavy (non-hydrogen) atoms. The predicted octanol–water partition coefficient (Wildman–Crippen LogP) is 1.67. The van der Waals surface area contributed by atoms with E-state index in [0.717, 1.165) is 25.9 Å². The van der Waals surface area contributed by atoms with Gasteiger partial charge in [0.25, 0.3) is 0 Å². The largest absolute Gasteiger partial charge is 0.466 e. The summed E-state index contributed by atoms with van der Waals surface area (Å²) in [6.07, 6.45) is 3.39. The molecule has 0 aliphatic rings. The van der Waals surface area contributed by atoms with Gasteiger partial charge in [-0.3, -0.25) is 4.79 Å². The Morgan fingerprint density at radius 3 is 2.54 bits per heavy atom. The molecule has 0 aliphatic heterocycles. The first kappa shape index (κ1) is 12.8. The van der Waals surface area contributed by atoms with Gasteiger partial charge in [0, 0.05) is 19.5 Å². The highest BCUT2D eigenvalue weighted by atomic mass is 32.1. The molecule has 0 aliphatic carbocycles. The van der Waals surface area contributed by atoms with Gasteiger partial charge in [-0.2, -0.15) is 12.6 Å². The molecule has 0 atom stereocenters. The van der Waals surface area contributed by atoms with Crippen LogP contribution in [0.3, 0.4) is 0 Å². The van der Waals surface area contributed by atoms with Gasteiger partial charge in [-0.05, 0) is 19.3 Å². The Morgan fingerprint density at radius 2 is 1.92 bits per heavy atom. The molecule has 78 valence electrons. The number of esters is 1. The van der Waals surface area contributed by atoms with Crippen molar-refractivity contribution in [2.45, 2.75) is 25.7 Å². The fraction of sp³-hybridized carbons (Fsp3) is 0.889. The molecule has 0 rings (SSSR count). The van der Waals surface area contributed by atoms with Crippen molar-refractivity contribution in [3.05, 3.63) is 0 Å². The number of methoxy groups -OCH3 is 1. The van der Waals surface area contributed by atoms with E-state index in [1.54, 1.807) is 7.11 Å². The van der Waals surface area contributed by atoms with Gasteiger partial charge in [0.1, 0.15) is 0 Å². The molecular formula is C9H18O3S. The van der Waals surface area contributed by atoms with Gasteiger partial charge in [0.05, 0.1) is 13.0 Å². The number of hydrogen-bond donors (Lipinski definition) is 1. The van der Waals surface area contributed by atoms with Gasteiger partial charge in [-0.15, -0.1) is 0 Å². The lowest BCUT2D eigenvalue weighted by molar-refractivity contribution is -0.143. The Hall–Kier alpha value is -0.220. The molecule has 0 unspecified atom stereocenters. The Balaban J connectivity index is 3.02. The number of carbonyl (C=O) groups is 1. The van der Waals surface area contributed by atoms with Crippen LogP contribution in [-0.2, 0) is 14.3 Å². The van der Waals surface area contributed by atoms with Gasteiger partial charge in [0.2, 0.25) is 0 Å². The Kier molecular flexibility index (Phi) is 9.70. The van der Waals surface area contributed by atoms with Gasteiger partial charge < -0.3 is 9.47 Å². The van der Waals surface area contributed by atoms with Crippen molar-refractivity contribution in [2.24, 2.45) is 0 Å². The molecule has 0 heterocycles. The highest BCUT2D eigenvalue weighted by Crippen LogP contribution is 1.97. The zero-order valence-electron chi connectivity index (χ0n) is 8.12. The zero-order valence-corrected chi connectivity index (χ0v) is 9.02. The fourth-order valence-corrected chi connectivity index (χ4v) is 1.06. The minimum absolute atomic E-state index is 0.151. The normalized spacial score (nSPS) is 10.0. The number of thiol groups is 1. The summed E-state index contributed by atoms with van der Waals surface area (Å²) in [4.78, 5) is 10.8. The van der Waals surface area contributed by atoms with Gasteiger partial charge in [0.15, 0.2) is 0 Å². The third-order valence-corrected chi connectivity index (χ3v) is 1.80. The van der Waals surface area contributed by atoms with E-state index >= 15 is 0 Å². The molecule has 3 nitrogen and oxygen atoms in total. The van der Waals surface area contributed by atoms with E-state index in [0.29, 0.717) is 18.8 Å². The summed E-state index contributed by atoms with van der Waals surface area (Å²) in [5.41, 5.74) is 0. The maximum absolute atomic E-state index is 10.8. The summed E-state index contributed by atoms with van der Waals surface area (Å²) in [7, 11) is 1.69. The van der Waals surface area contributed by atoms with Crippen molar-refractivity contribution in [1.82, 2.24) is 0 Å². The number of unbranched alkanes of at least 4 members (excludes halogenated alkanes) is 2. The molecule has 0 radical (unpaired) electrons. The average Bonchev–Trinajstić information content (AvgIpc) is 2.11. The van der Waals surface area contributed by atoms with Gasteiger partial charge in [-0.25, -0.2) is 0 Å². The van der Waals surface area contributed by atoms with E-state index in [4.69, 9.17) is 9.47 Å². The van der Waals surface area contributed by atoms with Crippen LogP contribution in [0.1, 0.15) is 25.7 Å². The lowest BCUT2D eigenvalue weighted by Gasteiger charge is -2.03. The van der Waals surface area contributed by atoms with Crippen LogP contribution in [0.2, 0.25) is 0 Å². The summed E-state index contributed by atoms with van der Waals surface area (Å²) in [6.45, 7) is 1.31. The van der Waals surface area contributed by atoms with E-state index < -0.39 is 0 Å². The molecule has 0 aromatic rings. The van der Waals surface area contributed by atoms with Crippen molar-refractivity contribution < 1.29 is 14.3 Å². The summed E-state index contributed by atoms with van der Waals surface area (Å²) >= 11 is 3.93. The second kappa shape index (κ2) is 9.86. The third-order valence-electron chi connectivity index (χ3n) is 1.57. The monoisotopic (exact) mass is 206 g/mol. The number of ether oxygens (including phenoxy) is 2. The standard InChI is InChI=1S/C9H18O3S/c1-11-6-3-2-4-7-12-9(10)5-8-13/h13H,2-8H2,1H3. The zero-order chi connectivity index (χ0) is 9.94. The van der Waals surface area contributed by atoms with Crippen LogP contribution in [0.15, 0.2) is 0 Å². The molecular weight excluding hydrogens is 188 g/mol. The second-order valence-corrected chi connectivity index (χ2v) is 3.19. The molecule has 0 saturated heterocycles. The maximum atomic E-state index is 10.8. The molecule has 0 fully saturated rings. The molecule has 0 saturated carbocycles. The summed E-state index contributed by atoms with van der Waals surface area (Å²) in [5.74, 6) is 0.407. The first-order valence-electron chi connectivity index (χ1n) is 4.56. The van der Waals surface area contributed by atoms with Crippen molar-refractivity contribution in [2.75, 3.05) is 26.1 Å². The Morgan fingerprint density at radius 1 is 1.23 bits per heavy atom. The first-order valence-corrected chi connectivity index (χ1v) is 5.20. The minimum atomic E-state index is -0.151. The summed E-state index contributed by atoms with van der Waals surface area (Å²) < 4.78 is 9.82. The topological polar surface area (TPSA) is 35.5 Å². The van der Waals surface area contributed by atoms with Gasteiger partial charge in [-0.1, -0.05) is 0 Å². The van der Waals surface area contributed by atoms with Crippen LogP contribution in [0, 0.1) is 0 Å². The molecule has 0 N–H and O–H groups in total. The molecule has 0 bridgehead atoms. The summed E-state index contributed by atoms with van der Waals surface area (Å²) in [6, 6.07) is 0. The highest BCUT2D eigenvalue weighted by Gasteiger charge is 1.99. The minimum Gasteiger partial charge on any atom is -0.466 e. The Labute approximate surface area is 85.2 Å². The van der Waals surface area contributed by atoms with Crippen LogP contribution >= 0.6 is 12.6 Å². The summed E-state index contributed by atoms with van der Waals surface area (Å²) in [5, 5.41) is 0. The Bertz CT molecular complexity index is 128. The average molecular weight is 206 g/mol. The van der Waals surface area contributed by atoms with Gasteiger partial charge >= 0.3 is 5.97 Å². The highest BCUT2D eigenvalue weighted by molar-refractivity contribution is 7.80. The van der Waals surface area contributed by atoms with Crippen molar-refractivity contribution >= 4 is 18.6 Å². The van der Waals surface area contributed by atoms with E-state index in [1.807, 2.05) is 0 Å². The molecule has 0 aromatic heterocycles. The SMILES string of the molecule is COCCCCCOC(=O)CCS. The van der Waals surface area contributed by atoms with E-state index in [1.165, 1.54) is 0 Å². The van der Waals surface area contributed by atoms with Crippen molar-refractivity contribution in [1.29, 1.82) is 0 Å². The predicted molar refractivity (Wildman–Crippen MR) is 55.2 cm³/mol. The third kappa shape index (κ3) is 9.70. The lowest BCUT2D eigenvalue weighted by atomic mass is 10.2. The van der Waals surface area contributed by atoms with Crippen LogP contribution in [-0.4, -0.2) is 32.0 Å². The number of hydrogen-bond acceptors (Lipinski definition) is 4. The smallest absolute Gasteiger partial charge is 0.306 e. The first-order chi connectivity index (χ1) is 6.31. The maximum Gasteiger partial charge on any atom is 0.306 e.